The molecule has 0 aromatic heterocycles. The summed E-state index contributed by atoms with van der Waals surface area (Å²) in [6.45, 7) is -0.339. The van der Waals surface area contributed by atoms with Crippen molar-refractivity contribution in [2.24, 2.45) is 0 Å². The Balaban J connectivity index is 1.83. The first-order valence-electron chi connectivity index (χ1n) is 6.37. The summed E-state index contributed by atoms with van der Waals surface area (Å²) in [5.41, 5.74) is 3.87. The molecule has 0 saturated carbocycles. The zero-order valence-corrected chi connectivity index (χ0v) is 13.2. The van der Waals surface area contributed by atoms with Gasteiger partial charge in [-0.3, -0.25) is 20.4 Å². The van der Waals surface area contributed by atoms with Crippen molar-refractivity contribution in [3.63, 3.8) is 0 Å². The van der Waals surface area contributed by atoms with Crippen LogP contribution in [0.3, 0.4) is 0 Å². The number of amides is 2. The van der Waals surface area contributed by atoms with Crippen LogP contribution in [0.4, 0.5) is 8.78 Å². The average molecular weight is 385 g/mol. The van der Waals surface area contributed by atoms with Crippen molar-refractivity contribution in [2.75, 3.05) is 6.61 Å². The predicted octanol–water partition coefficient (Wildman–Crippen LogP) is 2.57. The SMILES string of the molecule is O=C(COc1cccc(Br)c1)NNC(=O)c1cc(F)cc(F)c1. The number of halogens is 3. The van der Waals surface area contributed by atoms with Crippen molar-refractivity contribution in [1.29, 1.82) is 0 Å². The maximum Gasteiger partial charge on any atom is 0.276 e. The molecule has 23 heavy (non-hydrogen) atoms. The fourth-order valence-electron chi connectivity index (χ4n) is 1.63. The largest absolute Gasteiger partial charge is 0.484 e. The standard InChI is InChI=1S/C15H11BrF2N2O3/c16-10-2-1-3-13(6-10)23-8-14(21)19-20-15(22)9-4-11(17)7-12(18)5-9/h1-7H,8H2,(H,19,21)(H,20,22). The molecule has 2 amide bonds. The normalized spacial score (nSPS) is 10.0. The maximum atomic E-state index is 13.0. The summed E-state index contributed by atoms with van der Waals surface area (Å²) in [5, 5.41) is 0. The van der Waals surface area contributed by atoms with Crippen LogP contribution >= 0.6 is 15.9 Å². The minimum Gasteiger partial charge on any atom is -0.484 e. The lowest BCUT2D eigenvalue weighted by atomic mass is 10.2. The first kappa shape index (κ1) is 16.9. The molecule has 5 nitrogen and oxygen atoms in total. The third kappa shape index (κ3) is 5.33. The van der Waals surface area contributed by atoms with E-state index in [-0.39, 0.29) is 12.2 Å². The minimum absolute atomic E-state index is 0.254. The van der Waals surface area contributed by atoms with E-state index in [0.29, 0.717) is 11.8 Å². The Kier molecular flexibility index (Phi) is 5.64. The van der Waals surface area contributed by atoms with E-state index < -0.39 is 23.4 Å². The van der Waals surface area contributed by atoms with Crippen LogP contribution in [-0.4, -0.2) is 18.4 Å². The zero-order valence-electron chi connectivity index (χ0n) is 11.6. The minimum atomic E-state index is -0.889. The fraction of sp³-hybridized carbons (Fsp3) is 0.0667. The molecule has 8 heteroatoms. The highest BCUT2D eigenvalue weighted by Gasteiger charge is 2.10. The first-order chi connectivity index (χ1) is 10.9. The molecule has 0 saturated heterocycles. The number of carbonyl (C=O) groups excluding carboxylic acids is 2. The quantitative estimate of drug-likeness (QED) is 0.796. The summed E-state index contributed by atoms with van der Waals surface area (Å²) in [6.07, 6.45) is 0. The monoisotopic (exact) mass is 384 g/mol. The van der Waals surface area contributed by atoms with Crippen molar-refractivity contribution < 1.29 is 23.1 Å². The fourth-order valence-corrected chi connectivity index (χ4v) is 2.00. The molecule has 0 heterocycles. The molecule has 2 rings (SSSR count). The molecule has 0 aliphatic heterocycles. The lowest BCUT2D eigenvalue weighted by Crippen LogP contribution is -2.43. The summed E-state index contributed by atoms with van der Waals surface area (Å²) >= 11 is 3.26. The molecule has 2 aromatic rings. The van der Waals surface area contributed by atoms with Gasteiger partial charge in [0, 0.05) is 16.1 Å². The molecule has 0 fully saturated rings. The van der Waals surface area contributed by atoms with E-state index in [1.807, 2.05) is 5.43 Å². The zero-order chi connectivity index (χ0) is 16.8. The highest BCUT2D eigenvalue weighted by atomic mass is 79.9. The summed E-state index contributed by atoms with van der Waals surface area (Å²) in [4.78, 5) is 23.2. The number of nitrogens with one attached hydrogen (secondary N) is 2. The summed E-state index contributed by atoms with van der Waals surface area (Å²) < 4.78 is 32.0. The van der Waals surface area contributed by atoms with Gasteiger partial charge >= 0.3 is 0 Å². The van der Waals surface area contributed by atoms with Crippen molar-refractivity contribution in [1.82, 2.24) is 10.9 Å². The van der Waals surface area contributed by atoms with Gasteiger partial charge in [0.15, 0.2) is 6.61 Å². The summed E-state index contributed by atoms with van der Waals surface area (Å²) in [7, 11) is 0. The molecule has 0 unspecified atom stereocenters. The van der Waals surface area contributed by atoms with Crippen LogP contribution in [0.25, 0.3) is 0 Å². The molecule has 2 N–H and O–H groups in total. The van der Waals surface area contributed by atoms with Gasteiger partial charge in [-0.15, -0.1) is 0 Å². The Labute approximate surface area is 138 Å². The highest BCUT2D eigenvalue weighted by Crippen LogP contribution is 2.17. The molecule has 0 radical (unpaired) electrons. The molecular weight excluding hydrogens is 374 g/mol. The molecule has 0 atom stereocenters. The van der Waals surface area contributed by atoms with E-state index in [0.717, 1.165) is 16.6 Å². The van der Waals surface area contributed by atoms with Crippen LogP contribution in [0, 0.1) is 11.6 Å². The number of ether oxygens (including phenoxy) is 1. The van der Waals surface area contributed by atoms with E-state index in [4.69, 9.17) is 4.74 Å². The highest BCUT2D eigenvalue weighted by molar-refractivity contribution is 9.10. The molecule has 2 aromatic carbocycles. The number of hydrogen-bond donors (Lipinski definition) is 2. The van der Waals surface area contributed by atoms with Crippen LogP contribution in [0.2, 0.25) is 0 Å². The van der Waals surface area contributed by atoms with Crippen LogP contribution in [-0.2, 0) is 4.79 Å². The van der Waals surface area contributed by atoms with Gasteiger partial charge in [-0.25, -0.2) is 8.78 Å². The van der Waals surface area contributed by atoms with Gasteiger partial charge in [0.2, 0.25) is 0 Å². The van der Waals surface area contributed by atoms with Crippen LogP contribution < -0.4 is 15.6 Å². The van der Waals surface area contributed by atoms with Gasteiger partial charge in [0.05, 0.1) is 0 Å². The Morgan fingerprint density at radius 2 is 1.74 bits per heavy atom. The van der Waals surface area contributed by atoms with Crippen LogP contribution in [0.1, 0.15) is 10.4 Å². The predicted molar refractivity (Wildman–Crippen MR) is 81.6 cm³/mol. The lowest BCUT2D eigenvalue weighted by Gasteiger charge is -2.09. The number of rotatable bonds is 4. The topological polar surface area (TPSA) is 67.4 Å². The molecule has 0 aliphatic rings. The van der Waals surface area contributed by atoms with Gasteiger partial charge in [0.25, 0.3) is 11.8 Å². The Morgan fingerprint density at radius 1 is 1.04 bits per heavy atom. The smallest absolute Gasteiger partial charge is 0.276 e. The molecule has 0 aliphatic carbocycles. The van der Waals surface area contributed by atoms with E-state index in [1.165, 1.54) is 0 Å². The van der Waals surface area contributed by atoms with E-state index >= 15 is 0 Å². The molecule has 120 valence electrons. The van der Waals surface area contributed by atoms with E-state index in [9.17, 15) is 18.4 Å². The summed E-state index contributed by atoms with van der Waals surface area (Å²) in [5.74, 6) is -2.79. The van der Waals surface area contributed by atoms with Crippen molar-refractivity contribution in [2.45, 2.75) is 0 Å². The Bertz CT molecular complexity index is 720. The number of carbonyl (C=O) groups is 2. The Hall–Kier alpha value is -2.48. The van der Waals surface area contributed by atoms with Gasteiger partial charge in [0.1, 0.15) is 17.4 Å². The van der Waals surface area contributed by atoms with Crippen molar-refractivity contribution >= 4 is 27.7 Å². The second-order valence-electron chi connectivity index (χ2n) is 4.41. The van der Waals surface area contributed by atoms with E-state index in [1.54, 1.807) is 24.3 Å². The number of benzene rings is 2. The van der Waals surface area contributed by atoms with Gasteiger partial charge < -0.3 is 4.74 Å². The van der Waals surface area contributed by atoms with Gasteiger partial charge in [-0.2, -0.15) is 0 Å². The number of hydrazine groups is 1. The second-order valence-corrected chi connectivity index (χ2v) is 5.32. The van der Waals surface area contributed by atoms with Crippen LogP contribution in [0.5, 0.6) is 5.75 Å². The average Bonchev–Trinajstić information content (AvgIpc) is 2.49. The van der Waals surface area contributed by atoms with Crippen molar-refractivity contribution in [3.05, 3.63) is 64.1 Å². The van der Waals surface area contributed by atoms with Crippen molar-refractivity contribution in [3.8, 4) is 5.75 Å². The Morgan fingerprint density at radius 3 is 2.39 bits per heavy atom. The third-order valence-electron chi connectivity index (χ3n) is 2.61. The van der Waals surface area contributed by atoms with Crippen LogP contribution in [0.15, 0.2) is 46.9 Å². The lowest BCUT2D eigenvalue weighted by molar-refractivity contribution is -0.123. The third-order valence-corrected chi connectivity index (χ3v) is 3.10. The van der Waals surface area contributed by atoms with Gasteiger partial charge in [-0.1, -0.05) is 22.0 Å². The van der Waals surface area contributed by atoms with E-state index in [2.05, 4.69) is 21.4 Å². The molecular formula is C15H11BrF2N2O3. The summed E-state index contributed by atoms with van der Waals surface area (Å²) in [6, 6.07) is 9.20. The molecule has 0 bridgehead atoms. The first-order valence-corrected chi connectivity index (χ1v) is 7.17. The number of hydrogen-bond acceptors (Lipinski definition) is 3. The maximum absolute atomic E-state index is 13.0. The second kappa shape index (κ2) is 7.68. The van der Waals surface area contributed by atoms with Gasteiger partial charge in [-0.05, 0) is 30.3 Å². The molecule has 0 spiro atoms.